The van der Waals surface area contributed by atoms with Crippen LogP contribution in [0.15, 0.2) is 0 Å². The molecule has 12 nitrogen and oxygen atoms in total. The van der Waals surface area contributed by atoms with Crippen LogP contribution in [0.25, 0.3) is 0 Å². The minimum atomic E-state index is -1.39. The van der Waals surface area contributed by atoms with Gasteiger partial charge in [0.2, 0.25) is 23.6 Å². The lowest BCUT2D eigenvalue weighted by Gasteiger charge is -2.25. The highest BCUT2D eigenvalue weighted by molar-refractivity contribution is 7.98. The number of aliphatic carboxylic acids is 1. The lowest BCUT2D eigenvalue weighted by atomic mass is 10.0. The number of aliphatic hydroxyl groups excluding tert-OH is 1. The maximum Gasteiger partial charge on any atom is 0.326 e. The van der Waals surface area contributed by atoms with Gasteiger partial charge in [-0.3, -0.25) is 19.2 Å². The standard InChI is InChI=1S/C19H35N5O7S/c1-10(2)8-13(17(28)22-12(19(30)31)6-7-32-3)23-18(29)14(9-25)24-16(27)11(20)4-5-15(21)26/h10-14,25H,4-9,20H2,1-3H3,(H2,21,26)(H,22,28)(H,23,29)(H,24,27)(H,30,31). The first-order valence-electron chi connectivity index (χ1n) is 10.2. The van der Waals surface area contributed by atoms with Crippen molar-refractivity contribution in [3.05, 3.63) is 0 Å². The molecule has 0 rings (SSSR count). The van der Waals surface area contributed by atoms with E-state index in [0.717, 1.165) is 0 Å². The van der Waals surface area contributed by atoms with Crippen LogP contribution >= 0.6 is 11.8 Å². The number of carboxylic acids is 1. The van der Waals surface area contributed by atoms with E-state index in [4.69, 9.17) is 11.5 Å². The summed E-state index contributed by atoms with van der Waals surface area (Å²) in [6.45, 7) is 2.87. The van der Waals surface area contributed by atoms with Gasteiger partial charge in [-0.25, -0.2) is 4.79 Å². The van der Waals surface area contributed by atoms with Crippen LogP contribution in [0.4, 0.5) is 0 Å². The Morgan fingerprint density at radius 1 is 0.906 bits per heavy atom. The Hall–Kier alpha value is -2.38. The fraction of sp³-hybridized carbons (Fsp3) is 0.737. The van der Waals surface area contributed by atoms with Crippen molar-refractivity contribution in [1.82, 2.24) is 16.0 Å². The zero-order chi connectivity index (χ0) is 24.8. The van der Waals surface area contributed by atoms with Crippen LogP contribution in [-0.2, 0) is 24.0 Å². The third kappa shape index (κ3) is 11.9. The van der Waals surface area contributed by atoms with Crippen molar-refractivity contribution in [2.75, 3.05) is 18.6 Å². The minimum absolute atomic E-state index is 0.0232. The summed E-state index contributed by atoms with van der Waals surface area (Å²) >= 11 is 1.44. The molecule has 0 spiro atoms. The number of carboxylic acid groups (broad SMARTS) is 1. The Bertz CT molecular complexity index is 662. The van der Waals surface area contributed by atoms with Gasteiger partial charge in [0.05, 0.1) is 12.6 Å². The van der Waals surface area contributed by atoms with Crippen molar-refractivity contribution in [3.63, 3.8) is 0 Å². The topological polar surface area (TPSA) is 214 Å². The number of hydrogen-bond acceptors (Lipinski definition) is 8. The third-order valence-electron chi connectivity index (χ3n) is 4.42. The molecule has 0 saturated heterocycles. The monoisotopic (exact) mass is 477 g/mol. The predicted molar refractivity (Wildman–Crippen MR) is 119 cm³/mol. The van der Waals surface area contributed by atoms with E-state index in [1.54, 1.807) is 0 Å². The quantitative estimate of drug-likeness (QED) is 0.129. The van der Waals surface area contributed by atoms with E-state index >= 15 is 0 Å². The first kappa shape index (κ1) is 29.6. The van der Waals surface area contributed by atoms with Gasteiger partial charge in [-0.1, -0.05) is 13.8 Å². The minimum Gasteiger partial charge on any atom is -0.480 e. The van der Waals surface area contributed by atoms with Gasteiger partial charge in [0.25, 0.3) is 0 Å². The smallest absolute Gasteiger partial charge is 0.326 e. The van der Waals surface area contributed by atoms with Gasteiger partial charge >= 0.3 is 5.97 Å². The average molecular weight is 478 g/mol. The Morgan fingerprint density at radius 2 is 1.44 bits per heavy atom. The summed E-state index contributed by atoms with van der Waals surface area (Å²) in [5.74, 6) is -3.61. The van der Waals surface area contributed by atoms with Gasteiger partial charge in [-0.2, -0.15) is 11.8 Å². The Morgan fingerprint density at radius 3 is 1.91 bits per heavy atom. The molecule has 32 heavy (non-hydrogen) atoms. The number of carbonyl (C=O) groups is 5. The van der Waals surface area contributed by atoms with E-state index in [1.165, 1.54) is 11.8 Å². The van der Waals surface area contributed by atoms with Crippen molar-refractivity contribution in [3.8, 4) is 0 Å². The molecule has 0 aliphatic carbocycles. The van der Waals surface area contributed by atoms with Gasteiger partial charge < -0.3 is 37.6 Å². The van der Waals surface area contributed by atoms with Crippen LogP contribution in [0, 0.1) is 5.92 Å². The fourth-order valence-corrected chi connectivity index (χ4v) is 3.11. The number of rotatable bonds is 16. The molecule has 0 radical (unpaired) electrons. The summed E-state index contributed by atoms with van der Waals surface area (Å²) in [5.41, 5.74) is 10.7. The van der Waals surface area contributed by atoms with Gasteiger partial charge in [-0.05, 0) is 37.2 Å². The number of hydrogen-bond donors (Lipinski definition) is 7. The molecular weight excluding hydrogens is 442 g/mol. The number of nitrogens with two attached hydrogens (primary N) is 2. The summed E-state index contributed by atoms with van der Waals surface area (Å²) in [6, 6.07) is -4.70. The summed E-state index contributed by atoms with van der Waals surface area (Å²) in [6.07, 6.45) is 2.07. The van der Waals surface area contributed by atoms with E-state index in [9.17, 15) is 34.2 Å². The zero-order valence-electron chi connectivity index (χ0n) is 18.6. The summed E-state index contributed by atoms with van der Waals surface area (Å²) in [5, 5.41) is 26.0. The lowest BCUT2D eigenvalue weighted by Crippen LogP contribution is -2.58. The Kier molecular flexibility index (Phi) is 14.3. The van der Waals surface area contributed by atoms with Crippen LogP contribution in [0.2, 0.25) is 0 Å². The molecule has 4 unspecified atom stereocenters. The maximum absolute atomic E-state index is 12.7. The van der Waals surface area contributed by atoms with Gasteiger partial charge in [0, 0.05) is 6.42 Å². The van der Waals surface area contributed by atoms with Crippen LogP contribution in [0.3, 0.4) is 0 Å². The summed E-state index contributed by atoms with van der Waals surface area (Å²) in [7, 11) is 0. The molecule has 9 N–H and O–H groups in total. The molecule has 4 amide bonds. The molecule has 0 bridgehead atoms. The van der Waals surface area contributed by atoms with Crippen LogP contribution in [0.1, 0.15) is 39.5 Å². The molecule has 13 heteroatoms. The molecule has 0 aromatic carbocycles. The van der Waals surface area contributed by atoms with Gasteiger partial charge in [0.15, 0.2) is 0 Å². The second-order valence-electron chi connectivity index (χ2n) is 7.73. The molecule has 0 fully saturated rings. The van der Waals surface area contributed by atoms with E-state index in [1.807, 2.05) is 20.1 Å². The molecule has 0 aromatic heterocycles. The van der Waals surface area contributed by atoms with E-state index in [2.05, 4.69) is 16.0 Å². The predicted octanol–water partition coefficient (Wildman–Crippen LogP) is -2.09. The number of nitrogens with one attached hydrogen (secondary N) is 3. The molecule has 4 atom stereocenters. The summed E-state index contributed by atoms with van der Waals surface area (Å²) in [4.78, 5) is 59.6. The van der Waals surface area contributed by atoms with Crippen molar-refractivity contribution in [2.24, 2.45) is 17.4 Å². The molecule has 0 heterocycles. The molecule has 0 saturated carbocycles. The summed E-state index contributed by atoms with van der Waals surface area (Å²) < 4.78 is 0. The first-order chi connectivity index (χ1) is 14.9. The SMILES string of the molecule is CSCCC(NC(=O)C(CC(C)C)NC(=O)C(CO)NC(=O)C(N)CCC(N)=O)C(=O)O. The number of primary amides is 1. The second kappa shape index (κ2) is 15.4. The Balaban J connectivity index is 5.19. The number of aliphatic hydroxyl groups is 1. The van der Waals surface area contributed by atoms with Crippen LogP contribution < -0.4 is 27.4 Å². The number of amides is 4. The number of carbonyl (C=O) groups excluding carboxylic acids is 4. The number of thioether (sulfide) groups is 1. The molecule has 0 aromatic rings. The largest absolute Gasteiger partial charge is 0.480 e. The maximum atomic E-state index is 12.7. The average Bonchev–Trinajstić information content (AvgIpc) is 2.71. The van der Waals surface area contributed by atoms with E-state index in [-0.39, 0.29) is 31.6 Å². The third-order valence-corrected chi connectivity index (χ3v) is 5.06. The van der Waals surface area contributed by atoms with Crippen LogP contribution in [0.5, 0.6) is 0 Å². The van der Waals surface area contributed by atoms with Crippen molar-refractivity contribution >= 4 is 41.4 Å². The molecule has 0 aliphatic rings. The molecule has 0 aliphatic heterocycles. The zero-order valence-corrected chi connectivity index (χ0v) is 19.4. The Labute approximate surface area is 191 Å². The second-order valence-corrected chi connectivity index (χ2v) is 8.71. The normalized spacial score (nSPS) is 14.7. The van der Waals surface area contributed by atoms with Crippen molar-refractivity contribution < 1.29 is 34.2 Å². The molecule has 184 valence electrons. The highest BCUT2D eigenvalue weighted by Gasteiger charge is 2.30. The fourth-order valence-electron chi connectivity index (χ4n) is 2.64. The van der Waals surface area contributed by atoms with Gasteiger partial charge in [0.1, 0.15) is 18.1 Å². The first-order valence-corrected chi connectivity index (χ1v) is 11.6. The van der Waals surface area contributed by atoms with Crippen molar-refractivity contribution in [2.45, 2.75) is 63.7 Å². The molecular formula is C19H35N5O7S. The van der Waals surface area contributed by atoms with Gasteiger partial charge in [-0.15, -0.1) is 0 Å². The van der Waals surface area contributed by atoms with E-state index < -0.39 is 60.4 Å². The van der Waals surface area contributed by atoms with Crippen molar-refractivity contribution in [1.29, 1.82) is 0 Å². The highest BCUT2D eigenvalue weighted by atomic mass is 32.2. The van der Waals surface area contributed by atoms with Crippen LogP contribution in [-0.4, -0.2) is 82.6 Å². The van der Waals surface area contributed by atoms with E-state index in [0.29, 0.717) is 5.75 Å². The lowest BCUT2D eigenvalue weighted by molar-refractivity contribution is -0.142. The highest BCUT2D eigenvalue weighted by Crippen LogP contribution is 2.08.